The number of hydrazine groups is 1. The van der Waals surface area contributed by atoms with Crippen LogP contribution in [0.25, 0.3) is 10.8 Å². The lowest BCUT2D eigenvalue weighted by Crippen LogP contribution is -2.43. The number of amides is 2. The van der Waals surface area contributed by atoms with Gasteiger partial charge in [0.15, 0.2) is 6.61 Å². The quantitative estimate of drug-likeness (QED) is 0.514. The molecular weight excluding hydrogens is 394 g/mol. The van der Waals surface area contributed by atoms with Crippen LogP contribution in [0.5, 0.6) is 5.75 Å². The summed E-state index contributed by atoms with van der Waals surface area (Å²) < 4.78 is 29.9. The van der Waals surface area contributed by atoms with Crippen molar-refractivity contribution in [2.45, 2.75) is 11.8 Å². The molecule has 0 fully saturated rings. The van der Waals surface area contributed by atoms with Crippen molar-refractivity contribution in [3.8, 4) is 5.75 Å². The molecule has 3 aromatic carbocycles. The maximum absolute atomic E-state index is 12.2. The number of hydrogen-bond acceptors (Lipinski definition) is 5. The number of fused-ring (bicyclic) bond motifs is 1. The molecule has 0 radical (unpaired) electrons. The third kappa shape index (κ3) is 5.53. The summed E-state index contributed by atoms with van der Waals surface area (Å²) >= 11 is 0. The minimum Gasteiger partial charge on any atom is -0.484 e. The second-order valence-corrected chi connectivity index (χ2v) is 7.84. The van der Waals surface area contributed by atoms with Gasteiger partial charge in [-0.05, 0) is 47.2 Å². The van der Waals surface area contributed by atoms with Gasteiger partial charge >= 0.3 is 0 Å². The maximum atomic E-state index is 12.2. The molecule has 9 heteroatoms. The van der Waals surface area contributed by atoms with Gasteiger partial charge in [0.25, 0.3) is 15.9 Å². The van der Waals surface area contributed by atoms with Crippen LogP contribution in [0.3, 0.4) is 0 Å². The summed E-state index contributed by atoms with van der Waals surface area (Å²) in [5, 5.41) is 4.55. The summed E-state index contributed by atoms with van der Waals surface area (Å²) in [4.78, 5) is 24.9. The Labute approximate surface area is 167 Å². The standard InChI is InChI=1S/C20H19N3O5S/c1-14(24)21-17-7-10-19(11-8-17)29(26,27)23-22-20(25)13-28-18-9-6-15-4-2-3-5-16(15)12-18/h2-12,23H,13H2,1H3,(H,21,24)(H,22,25). The van der Waals surface area contributed by atoms with Crippen molar-refractivity contribution in [2.24, 2.45) is 0 Å². The molecule has 0 aromatic heterocycles. The Morgan fingerprint density at radius 2 is 1.62 bits per heavy atom. The largest absolute Gasteiger partial charge is 0.484 e. The number of nitrogens with one attached hydrogen (secondary N) is 3. The molecule has 0 aliphatic heterocycles. The summed E-state index contributed by atoms with van der Waals surface area (Å²) in [5.74, 6) is -0.427. The Balaban J connectivity index is 1.54. The molecule has 0 aliphatic rings. The van der Waals surface area contributed by atoms with Crippen molar-refractivity contribution >= 4 is 38.3 Å². The molecular formula is C20H19N3O5S. The molecule has 8 nitrogen and oxygen atoms in total. The highest BCUT2D eigenvalue weighted by Crippen LogP contribution is 2.20. The number of anilines is 1. The van der Waals surface area contributed by atoms with Gasteiger partial charge in [-0.3, -0.25) is 15.0 Å². The molecule has 0 aliphatic carbocycles. The second-order valence-electron chi connectivity index (χ2n) is 6.16. The molecule has 29 heavy (non-hydrogen) atoms. The fourth-order valence-electron chi connectivity index (χ4n) is 2.55. The number of carbonyl (C=O) groups is 2. The average molecular weight is 413 g/mol. The molecule has 0 saturated carbocycles. The summed E-state index contributed by atoms with van der Waals surface area (Å²) in [5.41, 5.74) is 2.57. The highest BCUT2D eigenvalue weighted by atomic mass is 32.2. The maximum Gasteiger partial charge on any atom is 0.272 e. The van der Waals surface area contributed by atoms with Crippen molar-refractivity contribution in [2.75, 3.05) is 11.9 Å². The van der Waals surface area contributed by atoms with Crippen LogP contribution < -0.4 is 20.3 Å². The molecule has 2 amide bonds. The monoisotopic (exact) mass is 413 g/mol. The van der Waals surface area contributed by atoms with E-state index >= 15 is 0 Å². The number of benzene rings is 3. The Bertz CT molecular complexity index is 1140. The first-order valence-electron chi connectivity index (χ1n) is 8.63. The third-order valence-electron chi connectivity index (χ3n) is 3.90. The Morgan fingerprint density at radius 3 is 2.31 bits per heavy atom. The molecule has 0 spiro atoms. The van der Waals surface area contributed by atoms with Gasteiger partial charge in [-0.1, -0.05) is 30.3 Å². The molecule has 150 valence electrons. The van der Waals surface area contributed by atoms with E-state index in [-0.39, 0.29) is 17.4 Å². The zero-order chi connectivity index (χ0) is 20.9. The molecule has 0 heterocycles. The van der Waals surface area contributed by atoms with Gasteiger partial charge in [0.05, 0.1) is 4.90 Å². The van der Waals surface area contributed by atoms with E-state index in [4.69, 9.17) is 4.74 Å². The topological polar surface area (TPSA) is 114 Å². The van der Waals surface area contributed by atoms with E-state index in [1.165, 1.54) is 31.2 Å². The van der Waals surface area contributed by atoms with E-state index in [0.29, 0.717) is 11.4 Å². The van der Waals surface area contributed by atoms with E-state index in [2.05, 4.69) is 10.7 Å². The molecule has 3 aromatic rings. The first kappa shape index (κ1) is 20.3. The lowest BCUT2D eigenvalue weighted by molar-refractivity contribution is -0.123. The van der Waals surface area contributed by atoms with Crippen molar-refractivity contribution < 1.29 is 22.7 Å². The number of ether oxygens (including phenoxy) is 1. The van der Waals surface area contributed by atoms with Crippen molar-refractivity contribution in [3.05, 3.63) is 66.7 Å². The minimum absolute atomic E-state index is 0.0673. The summed E-state index contributed by atoms with van der Waals surface area (Å²) in [7, 11) is -3.96. The SMILES string of the molecule is CC(=O)Nc1ccc(S(=O)(=O)NNC(=O)COc2ccc3ccccc3c2)cc1. The summed E-state index contributed by atoms with van der Waals surface area (Å²) in [6, 6.07) is 18.6. The molecule has 3 N–H and O–H groups in total. The Kier molecular flexibility index (Phi) is 6.10. The van der Waals surface area contributed by atoms with Crippen LogP contribution in [0.4, 0.5) is 5.69 Å². The predicted molar refractivity (Wildman–Crippen MR) is 109 cm³/mol. The lowest BCUT2D eigenvalue weighted by atomic mass is 10.1. The minimum atomic E-state index is -3.96. The van der Waals surface area contributed by atoms with Crippen LogP contribution >= 0.6 is 0 Å². The summed E-state index contributed by atoms with van der Waals surface area (Å²) in [6.07, 6.45) is 0. The van der Waals surface area contributed by atoms with Crippen molar-refractivity contribution in [1.82, 2.24) is 10.3 Å². The number of carbonyl (C=O) groups excluding carboxylic acids is 2. The van der Waals surface area contributed by atoms with Crippen LogP contribution in [0, 0.1) is 0 Å². The lowest BCUT2D eigenvalue weighted by Gasteiger charge is -2.10. The van der Waals surface area contributed by atoms with Crippen LogP contribution in [-0.2, 0) is 19.6 Å². The normalized spacial score (nSPS) is 11.1. The van der Waals surface area contributed by atoms with E-state index in [1.807, 2.05) is 35.2 Å². The van der Waals surface area contributed by atoms with Gasteiger partial charge in [0, 0.05) is 12.6 Å². The zero-order valence-electron chi connectivity index (χ0n) is 15.5. The van der Waals surface area contributed by atoms with E-state index < -0.39 is 15.9 Å². The highest BCUT2D eigenvalue weighted by molar-refractivity contribution is 7.89. The fourth-order valence-corrected chi connectivity index (χ4v) is 3.41. The van der Waals surface area contributed by atoms with Gasteiger partial charge in [-0.2, -0.15) is 0 Å². The smallest absolute Gasteiger partial charge is 0.272 e. The van der Waals surface area contributed by atoms with Crippen LogP contribution in [0.15, 0.2) is 71.6 Å². The first-order valence-corrected chi connectivity index (χ1v) is 10.1. The summed E-state index contributed by atoms with van der Waals surface area (Å²) in [6.45, 7) is 0.990. The number of hydrogen-bond donors (Lipinski definition) is 3. The van der Waals surface area contributed by atoms with Gasteiger partial charge in [0.1, 0.15) is 5.75 Å². The van der Waals surface area contributed by atoms with Gasteiger partial charge in [0.2, 0.25) is 5.91 Å². The Hall–Kier alpha value is -3.43. The highest BCUT2D eigenvalue weighted by Gasteiger charge is 2.15. The zero-order valence-corrected chi connectivity index (χ0v) is 16.3. The molecule has 3 rings (SSSR count). The van der Waals surface area contributed by atoms with E-state index in [0.717, 1.165) is 10.8 Å². The van der Waals surface area contributed by atoms with Crippen LogP contribution in [0.2, 0.25) is 0 Å². The van der Waals surface area contributed by atoms with Gasteiger partial charge < -0.3 is 10.1 Å². The van der Waals surface area contributed by atoms with E-state index in [9.17, 15) is 18.0 Å². The predicted octanol–water partition coefficient (Wildman–Crippen LogP) is 2.19. The third-order valence-corrected chi connectivity index (χ3v) is 5.16. The first-order chi connectivity index (χ1) is 13.8. The van der Waals surface area contributed by atoms with E-state index in [1.54, 1.807) is 12.1 Å². The van der Waals surface area contributed by atoms with Crippen LogP contribution in [-0.4, -0.2) is 26.8 Å². The average Bonchev–Trinajstić information content (AvgIpc) is 2.70. The molecule has 0 saturated heterocycles. The van der Waals surface area contributed by atoms with Crippen LogP contribution in [0.1, 0.15) is 6.92 Å². The van der Waals surface area contributed by atoms with Crippen molar-refractivity contribution in [3.63, 3.8) is 0 Å². The molecule has 0 unspecified atom stereocenters. The fraction of sp³-hybridized carbons (Fsp3) is 0.100. The van der Waals surface area contributed by atoms with Gasteiger partial charge in [-0.25, -0.2) is 8.42 Å². The number of sulfonamides is 1. The Morgan fingerprint density at radius 1 is 0.931 bits per heavy atom. The van der Waals surface area contributed by atoms with Crippen molar-refractivity contribution in [1.29, 1.82) is 0 Å². The number of rotatable bonds is 7. The second kappa shape index (κ2) is 8.72. The van der Waals surface area contributed by atoms with Gasteiger partial charge in [-0.15, -0.1) is 4.83 Å². The molecule has 0 atom stereocenters. The molecule has 0 bridgehead atoms.